The molecule has 24 heavy (non-hydrogen) atoms. The number of rotatable bonds is 2. The quantitative estimate of drug-likeness (QED) is 0.689. The van der Waals surface area contributed by atoms with E-state index in [9.17, 15) is 8.42 Å². The Bertz CT molecular complexity index is 790. The highest BCUT2D eigenvalue weighted by molar-refractivity contribution is 7.85. The molecule has 0 saturated heterocycles. The van der Waals surface area contributed by atoms with Gasteiger partial charge in [-0.25, -0.2) is 0 Å². The summed E-state index contributed by atoms with van der Waals surface area (Å²) in [6, 6.07) is 8.19. The van der Waals surface area contributed by atoms with Crippen molar-refractivity contribution >= 4 is 10.1 Å². The van der Waals surface area contributed by atoms with Crippen LogP contribution in [0.25, 0.3) is 0 Å². The van der Waals surface area contributed by atoms with Crippen molar-refractivity contribution in [1.82, 2.24) is 10.2 Å². The van der Waals surface area contributed by atoms with Crippen LogP contribution in [0.5, 0.6) is 0 Å². The van der Waals surface area contributed by atoms with Crippen LogP contribution in [0.1, 0.15) is 12.5 Å². The third-order valence-corrected chi connectivity index (χ3v) is 4.22. The van der Waals surface area contributed by atoms with Gasteiger partial charge in [-0.05, 0) is 38.1 Å². The van der Waals surface area contributed by atoms with E-state index in [0.29, 0.717) is 5.82 Å². The molecule has 1 unspecified atom stereocenters. The zero-order valence-corrected chi connectivity index (χ0v) is 14.9. The van der Waals surface area contributed by atoms with Crippen LogP contribution in [0, 0.1) is 18.3 Å². The lowest BCUT2D eigenvalue weighted by Gasteiger charge is -2.34. The number of dihydropyridines is 1. The fourth-order valence-corrected chi connectivity index (χ4v) is 2.60. The molecule has 1 aromatic rings. The third kappa shape index (κ3) is 5.01. The van der Waals surface area contributed by atoms with Gasteiger partial charge in [-0.1, -0.05) is 17.7 Å². The number of hydrogen-bond acceptors (Lipinski definition) is 6. The molecule has 4 N–H and O–H groups in total. The first kappa shape index (κ1) is 19.5. The van der Waals surface area contributed by atoms with E-state index in [1.807, 2.05) is 32.0 Å². The zero-order valence-electron chi connectivity index (χ0n) is 14.1. The van der Waals surface area contributed by atoms with Crippen molar-refractivity contribution in [2.24, 2.45) is 5.73 Å². The molecule has 0 bridgehead atoms. The maximum absolute atomic E-state index is 10.5. The standard InChI is InChI=1S/C9H14N4.C7H8O3S/c1-9(6-10)7(13(2)3)4-5-8(11)12-9;1-6-2-4-7(5-3-6)11(8,9)10/h4-5,12H,11H2,1-3H3;2-5H,1H3,(H,8,9,10). The minimum Gasteiger partial charge on any atom is -0.385 e. The van der Waals surface area contributed by atoms with Crippen molar-refractivity contribution in [1.29, 1.82) is 5.26 Å². The normalized spacial score (nSPS) is 19.7. The number of benzene rings is 1. The average molecular weight is 350 g/mol. The van der Waals surface area contributed by atoms with Crippen molar-refractivity contribution in [2.45, 2.75) is 24.3 Å². The molecule has 0 radical (unpaired) electrons. The van der Waals surface area contributed by atoms with Gasteiger partial charge < -0.3 is 16.0 Å². The van der Waals surface area contributed by atoms with Gasteiger partial charge in [0.2, 0.25) is 0 Å². The topological polar surface area (TPSA) is 119 Å². The number of nitrogens with two attached hydrogens (primary N) is 1. The first-order valence-corrected chi connectivity index (χ1v) is 8.52. The first-order valence-electron chi connectivity index (χ1n) is 7.08. The van der Waals surface area contributed by atoms with Crippen LogP contribution < -0.4 is 11.1 Å². The number of nitrogens with zero attached hydrogens (tertiary/aromatic N) is 2. The summed E-state index contributed by atoms with van der Waals surface area (Å²) in [6.45, 7) is 3.65. The Morgan fingerprint density at radius 3 is 2.21 bits per heavy atom. The Morgan fingerprint density at radius 1 is 1.25 bits per heavy atom. The Morgan fingerprint density at radius 2 is 1.79 bits per heavy atom. The Balaban J connectivity index is 0.000000243. The maximum Gasteiger partial charge on any atom is 0.294 e. The zero-order chi connectivity index (χ0) is 18.5. The highest BCUT2D eigenvalue weighted by Crippen LogP contribution is 2.21. The van der Waals surface area contributed by atoms with E-state index in [2.05, 4.69) is 11.4 Å². The summed E-state index contributed by atoms with van der Waals surface area (Å²) in [5.41, 5.74) is 6.73. The van der Waals surface area contributed by atoms with Gasteiger partial charge in [0, 0.05) is 14.1 Å². The van der Waals surface area contributed by atoms with Crippen molar-refractivity contribution in [2.75, 3.05) is 14.1 Å². The number of nitriles is 1. The molecule has 1 heterocycles. The lowest BCUT2D eigenvalue weighted by molar-refractivity contribution is 0.396. The predicted octanol–water partition coefficient (Wildman–Crippen LogP) is 1.36. The summed E-state index contributed by atoms with van der Waals surface area (Å²) in [4.78, 5) is 1.84. The van der Waals surface area contributed by atoms with Crippen molar-refractivity contribution < 1.29 is 13.0 Å². The fourth-order valence-electron chi connectivity index (χ4n) is 2.12. The van der Waals surface area contributed by atoms with E-state index in [1.165, 1.54) is 12.1 Å². The molecule has 0 saturated carbocycles. The number of hydrogen-bond donors (Lipinski definition) is 3. The summed E-state index contributed by atoms with van der Waals surface area (Å²) >= 11 is 0. The van der Waals surface area contributed by atoms with Crippen molar-refractivity contribution in [3.05, 3.63) is 53.5 Å². The highest BCUT2D eigenvalue weighted by atomic mass is 32.2. The van der Waals surface area contributed by atoms with Gasteiger partial charge in [0.25, 0.3) is 10.1 Å². The second-order valence-corrected chi connectivity index (χ2v) is 7.14. The Kier molecular flexibility index (Phi) is 6.01. The molecule has 0 spiro atoms. The fraction of sp³-hybridized carbons (Fsp3) is 0.312. The third-order valence-electron chi connectivity index (χ3n) is 3.35. The average Bonchev–Trinajstić information content (AvgIpc) is 2.47. The monoisotopic (exact) mass is 350 g/mol. The minimum absolute atomic E-state index is 0.0666. The molecule has 1 atom stereocenters. The van der Waals surface area contributed by atoms with E-state index in [-0.39, 0.29) is 4.90 Å². The summed E-state index contributed by atoms with van der Waals surface area (Å²) in [6.07, 6.45) is 3.61. The lowest BCUT2D eigenvalue weighted by Crippen LogP contribution is -2.49. The Labute approximate surface area is 142 Å². The number of allylic oxidation sites excluding steroid dienone is 2. The molecule has 1 aliphatic rings. The van der Waals surface area contributed by atoms with E-state index >= 15 is 0 Å². The van der Waals surface area contributed by atoms with E-state index in [1.54, 1.807) is 25.1 Å². The summed E-state index contributed by atoms with van der Waals surface area (Å²) < 4.78 is 29.6. The molecule has 8 heteroatoms. The van der Waals surface area contributed by atoms with Crippen LogP contribution in [-0.4, -0.2) is 37.5 Å². The lowest BCUT2D eigenvalue weighted by atomic mass is 9.96. The minimum atomic E-state index is -4.02. The highest BCUT2D eigenvalue weighted by Gasteiger charge is 2.32. The van der Waals surface area contributed by atoms with E-state index < -0.39 is 15.7 Å². The van der Waals surface area contributed by atoms with Gasteiger partial charge in [0.15, 0.2) is 5.54 Å². The largest absolute Gasteiger partial charge is 0.385 e. The number of likely N-dealkylation sites (N-methyl/N-ethyl adjacent to an activating group) is 1. The van der Waals surface area contributed by atoms with Crippen LogP contribution in [0.2, 0.25) is 0 Å². The molecule has 7 nitrogen and oxygen atoms in total. The number of aryl methyl sites for hydroxylation is 1. The Hall–Kier alpha value is -2.50. The maximum atomic E-state index is 10.5. The van der Waals surface area contributed by atoms with Gasteiger partial charge in [0.1, 0.15) is 0 Å². The SMILES string of the molecule is CN(C)C1=CC=C(N)NC1(C)C#N.Cc1ccc(S(=O)(=O)O)cc1. The summed E-state index contributed by atoms with van der Waals surface area (Å²) in [7, 11) is -0.217. The predicted molar refractivity (Wildman–Crippen MR) is 92.2 cm³/mol. The van der Waals surface area contributed by atoms with Gasteiger partial charge in [-0.3, -0.25) is 4.55 Å². The molecule has 2 rings (SSSR count). The molecule has 0 aliphatic carbocycles. The van der Waals surface area contributed by atoms with Gasteiger partial charge in [0.05, 0.1) is 22.5 Å². The summed E-state index contributed by atoms with van der Waals surface area (Å²) in [5.74, 6) is 0.523. The van der Waals surface area contributed by atoms with Crippen LogP contribution in [0.4, 0.5) is 0 Å². The molecule has 130 valence electrons. The van der Waals surface area contributed by atoms with Crippen LogP contribution in [0.3, 0.4) is 0 Å². The second-order valence-electron chi connectivity index (χ2n) is 5.72. The molecule has 0 fully saturated rings. The molecule has 0 aromatic heterocycles. The van der Waals surface area contributed by atoms with Gasteiger partial charge in [-0.2, -0.15) is 13.7 Å². The first-order chi connectivity index (χ1) is 11.0. The molecule has 1 aliphatic heterocycles. The second kappa shape index (κ2) is 7.38. The van der Waals surface area contributed by atoms with Gasteiger partial charge in [-0.15, -0.1) is 0 Å². The molecule has 0 amide bonds. The van der Waals surface area contributed by atoms with Crippen molar-refractivity contribution in [3.63, 3.8) is 0 Å². The van der Waals surface area contributed by atoms with Crippen LogP contribution >= 0.6 is 0 Å². The number of nitrogens with one attached hydrogen (secondary N) is 1. The summed E-state index contributed by atoms with van der Waals surface area (Å²) in [5, 5.41) is 12.0. The van der Waals surface area contributed by atoms with Crippen LogP contribution in [0.15, 0.2) is 52.8 Å². The molecular weight excluding hydrogens is 328 g/mol. The molecule has 1 aromatic carbocycles. The molecular formula is C16H22N4O3S. The van der Waals surface area contributed by atoms with Crippen molar-refractivity contribution in [3.8, 4) is 6.07 Å². The smallest absolute Gasteiger partial charge is 0.294 e. The van der Waals surface area contributed by atoms with E-state index in [0.717, 1.165) is 11.3 Å². The van der Waals surface area contributed by atoms with Crippen LogP contribution in [-0.2, 0) is 10.1 Å². The van der Waals surface area contributed by atoms with Gasteiger partial charge >= 0.3 is 0 Å². The van der Waals surface area contributed by atoms with E-state index in [4.69, 9.17) is 15.5 Å².